The molecule has 3 aliphatic rings. The number of fused-ring (bicyclic) bond motifs is 2. The van der Waals surface area contributed by atoms with Gasteiger partial charge in [-0.3, -0.25) is 4.79 Å². The van der Waals surface area contributed by atoms with Crippen LogP contribution in [0.5, 0.6) is 0 Å². The summed E-state index contributed by atoms with van der Waals surface area (Å²) in [5, 5.41) is 7.55. The number of rotatable bonds is 6. The normalized spacial score (nSPS) is 29.4. The maximum Gasteiger partial charge on any atom is 0.284 e. The molecule has 4 atom stereocenters. The van der Waals surface area contributed by atoms with Crippen molar-refractivity contribution in [2.45, 2.75) is 65.4 Å². The number of nitrogens with one attached hydrogen (secondary N) is 2. The Bertz CT molecular complexity index is 881. The average molecular weight is 461 g/mol. The van der Waals surface area contributed by atoms with E-state index in [1.807, 2.05) is 0 Å². The van der Waals surface area contributed by atoms with E-state index in [2.05, 4.69) is 51.8 Å². The molecule has 0 spiro atoms. The minimum absolute atomic E-state index is 0.237. The number of hydrogen-bond acceptors (Lipinski definition) is 5. The summed E-state index contributed by atoms with van der Waals surface area (Å²) < 4.78 is 27.9. The number of aromatic nitrogens is 2. The standard InChI is InChI=1S/C18H29BrN4O3S/c1-10(2)22-27(25,26)9-23-17(24)16(19)15(8-20-23)21-14-7-12-6-13(11(14)3)18(12,4)5/h8,10-14,21-22H,6-7,9H2,1-5H3/t11-,12-,13+,14-/m1/s1. The van der Waals surface area contributed by atoms with Gasteiger partial charge in [0.15, 0.2) is 5.88 Å². The van der Waals surface area contributed by atoms with E-state index in [1.54, 1.807) is 13.8 Å². The van der Waals surface area contributed by atoms with Gasteiger partial charge in [0, 0.05) is 12.1 Å². The maximum atomic E-state index is 12.6. The minimum atomic E-state index is -3.63. The van der Waals surface area contributed by atoms with E-state index in [4.69, 9.17) is 0 Å². The predicted octanol–water partition coefficient (Wildman–Crippen LogP) is 2.77. The minimum Gasteiger partial charge on any atom is -0.380 e. The van der Waals surface area contributed by atoms with Crippen LogP contribution in [0.3, 0.4) is 0 Å². The highest BCUT2D eigenvalue weighted by atomic mass is 79.9. The van der Waals surface area contributed by atoms with E-state index in [0.29, 0.717) is 39.4 Å². The number of halogens is 1. The molecule has 2 N–H and O–H groups in total. The topological polar surface area (TPSA) is 93.1 Å². The third kappa shape index (κ3) is 3.96. The van der Waals surface area contributed by atoms with Crippen LogP contribution in [0.15, 0.2) is 15.5 Å². The largest absolute Gasteiger partial charge is 0.380 e. The van der Waals surface area contributed by atoms with Crippen molar-refractivity contribution >= 4 is 31.6 Å². The van der Waals surface area contributed by atoms with Crippen LogP contribution in [0, 0.1) is 23.2 Å². The first-order valence-corrected chi connectivity index (χ1v) is 11.9. The monoisotopic (exact) mass is 460 g/mol. The molecule has 0 saturated heterocycles. The van der Waals surface area contributed by atoms with Crippen molar-refractivity contribution in [2.75, 3.05) is 5.32 Å². The smallest absolute Gasteiger partial charge is 0.284 e. The lowest BCUT2D eigenvalue weighted by Gasteiger charge is -2.62. The molecule has 1 aromatic rings. The summed E-state index contributed by atoms with van der Waals surface area (Å²) in [7, 11) is -3.63. The quantitative estimate of drug-likeness (QED) is 0.680. The molecule has 0 aromatic carbocycles. The Morgan fingerprint density at radius 1 is 1.37 bits per heavy atom. The molecule has 152 valence electrons. The molecule has 2 bridgehead atoms. The third-order valence-electron chi connectivity index (χ3n) is 6.39. The van der Waals surface area contributed by atoms with Crippen LogP contribution in [0.25, 0.3) is 0 Å². The molecule has 4 rings (SSSR count). The molecule has 3 aliphatic carbocycles. The second-order valence-corrected chi connectivity index (χ2v) is 11.4. The lowest BCUT2D eigenvalue weighted by atomic mass is 9.45. The van der Waals surface area contributed by atoms with Crippen molar-refractivity contribution < 1.29 is 8.42 Å². The molecule has 27 heavy (non-hydrogen) atoms. The van der Waals surface area contributed by atoms with Crippen molar-refractivity contribution in [1.82, 2.24) is 14.5 Å². The van der Waals surface area contributed by atoms with Crippen molar-refractivity contribution in [2.24, 2.45) is 23.2 Å². The van der Waals surface area contributed by atoms with E-state index >= 15 is 0 Å². The first-order valence-electron chi connectivity index (χ1n) is 9.44. The van der Waals surface area contributed by atoms with E-state index in [-0.39, 0.29) is 6.04 Å². The summed E-state index contributed by atoms with van der Waals surface area (Å²) in [5.74, 6) is 1.40. The highest BCUT2D eigenvalue weighted by Gasteiger charge is 2.56. The summed E-state index contributed by atoms with van der Waals surface area (Å²) in [4.78, 5) is 12.6. The van der Waals surface area contributed by atoms with Crippen LogP contribution in [-0.4, -0.2) is 30.3 Å². The molecule has 0 amide bonds. The Kier molecular flexibility index (Phi) is 5.51. The Morgan fingerprint density at radius 2 is 2.04 bits per heavy atom. The Morgan fingerprint density at radius 3 is 2.59 bits per heavy atom. The van der Waals surface area contributed by atoms with E-state index in [0.717, 1.165) is 11.1 Å². The SMILES string of the molecule is CC(C)NS(=O)(=O)Cn1ncc(N[C@@H]2C[C@H]3C[C@@H]([C@H]2C)C3(C)C)c(Br)c1=O. The fraction of sp³-hybridized carbons (Fsp3) is 0.778. The van der Waals surface area contributed by atoms with E-state index in [1.165, 1.54) is 12.6 Å². The molecule has 7 nitrogen and oxygen atoms in total. The van der Waals surface area contributed by atoms with Crippen molar-refractivity contribution in [3.05, 3.63) is 21.0 Å². The summed E-state index contributed by atoms with van der Waals surface area (Å²) in [6.07, 6.45) is 3.90. The second kappa shape index (κ2) is 7.15. The summed E-state index contributed by atoms with van der Waals surface area (Å²) in [6, 6.07) is 0.0556. The first-order chi connectivity index (χ1) is 12.4. The Balaban J connectivity index is 1.76. The summed E-state index contributed by atoms with van der Waals surface area (Å²) in [5.41, 5.74) is 0.568. The Hall–Kier alpha value is -0.930. The zero-order valence-corrected chi connectivity index (χ0v) is 18.9. The summed E-state index contributed by atoms with van der Waals surface area (Å²) >= 11 is 3.33. The van der Waals surface area contributed by atoms with Gasteiger partial charge in [-0.2, -0.15) is 5.10 Å². The highest BCUT2D eigenvalue weighted by Crippen LogP contribution is 2.61. The highest BCUT2D eigenvalue weighted by molar-refractivity contribution is 9.10. The molecule has 0 aliphatic heterocycles. The van der Waals surface area contributed by atoms with Gasteiger partial charge in [0.05, 0.1) is 11.9 Å². The van der Waals surface area contributed by atoms with Gasteiger partial charge in [0.2, 0.25) is 10.0 Å². The van der Waals surface area contributed by atoms with Gasteiger partial charge in [0.25, 0.3) is 5.56 Å². The van der Waals surface area contributed by atoms with Crippen LogP contribution in [0.4, 0.5) is 5.69 Å². The molecule has 1 aromatic heterocycles. The fourth-order valence-electron chi connectivity index (χ4n) is 4.76. The van der Waals surface area contributed by atoms with Gasteiger partial charge < -0.3 is 5.32 Å². The number of anilines is 1. The van der Waals surface area contributed by atoms with Gasteiger partial charge in [0.1, 0.15) is 4.47 Å². The Labute approximate surface area is 169 Å². The maximum absolute atomic E-state index is 12.6. The number of nitrogens with zero attached hydrogens (tertiary/aromatic N) is 2. The zero-order valence-electron chi connectivity index (χ0n) is 16.5. The van der Waals surface area contributed by atoms with Crippen LogP contribution in [0.2, 0.25) is 0 Å². The molecular weight excluding hydrogens is 432 g/mol. The number of sulfonamides is 1. The van der Waals surface area contributed by atoms with Gasteiger partial charge >= 0.3 is 0 Å². The molecule has 0 unspecified atom stereocenters. The van der Waals surface area contributed by atoms with Crippen molar-refractivity contribution in [3.63, 3.8) is 0 Å². The zero-order chi connectivity index (χ0) is 20.1. The lowest BCUT2D eigenvalue weighted by Crippen LogP contribution is -2.58. The fourth-order valence-corrected chi connectivity index (χ4v) is 6.48. The predicted molar refractivity (Wildman–Crippen MR) is 110 cm³/mol. The molecular formula is C18H29BrN4O3S. The molecule has 3 saturated carbocycles. The van der Waals surface area contributed by atoms with Crippen LogP contribution < -0.4 is 15.6 Å². The molecule has 0 radical (unpaired) electrons. The average Bonchev–Trinajstić information content (AvgIpc) is 2.54. The van der Waals surface area contributed by atoms with E-state index in [9.17, 15) is 13.2 Å². The van der Waals surface area contributed by atoms with E-state index < -0.39 is 21.5 Å². The molecule has 1 heterocycles. The van der Waals surface area contributed by atoms with Gasteiger partial charge in [-0.25, -0.2) is 17.8 Å². The van der Waals surface area contributed by atoms with Crippen molar-refractivity contribution in [1.29, 1.82) is 0 Å². The first kappa shape index (κ1) is 20.8. The van der Waals surface area contributed by atoms with Crippen LogP contribution in [-0.2, 0) is 15.9 Å². The summed E-state index contributed by atoms with van der Waals surface area (Å²) in [6.45, 7) is 10.4. The van der Waals surface area contributed by atoms with Crippen LogP contribution >= 0.6 is 15.9 Å². The second-order valence-electron chi connectivity index (χ2n) is 8.90. The lowest BCUT2D eigenvalue weighted by molar-refractivity contribution is -0.105. The van der Waals surface area contributed by atoms with Crippen LogP contribution in [0.1, 0.15) is 47.5 Å². The third-order valence-corrected chi connectivity index (χ3v) is 8.57. The molecule has 3 fully saturated rings. The van der Waals surface area contributed by atoms with Gasteiger partial charge in [-0.05, 0) is 65.8 Å². The molecule has 9 heteroatoms. The van der Waals surface area contributed by atoms with Gasteiger partial charge in [-0.1, -0.05) is 20.8 Å². The van der Waals surface area contributed by atoms with Gasteiger partial charge in [-0.15, -0.1) is 0 Å². The van der Waals surface area contributed by atoms with Crippen molar-refractivity contribution in [3.8, 4) is 0 Å². The number of hydrogen-bond donors (Lipinski definition) is 2.